The van der Waals surface area contributed by atoms with Gasteiger partial charge in [-0.2, -0.15) is 0 Å². The van der Waals surface area contributed by atoms with Gasteiger partial charge in [-0.1, -0.05) is 138 Å². The fraction of sp³-hybridized carbons (Fsp3) is 0.314. The molecule has 0 N–H and O–H groups in total. The predicted octanol–water partition coefficient (Wildman–Crippen LogP) is 7.28. The van der Waals surface area contributed by atoms with Crippen LogP contribution in [0.1, 0.15) is 49.7 Å². The van der Waals surface area contributed by atoms with E-state index >= 15 is 0 Å². The zero-order chi connectivity index (χ0) is 25.6. The quantitative estimate of drug-likeness (QED) is 0.237. The van der Waals surface area contributed by atoms with Crippen molar-refractivity contribution in [2.75, 3.05) is 20.6 Å². The third-order valence-corrected chi connectivity index (χ3v) is 8.17. The van der Waals surface area contributed by atoms with Crippen molar-refractivity contribution >= 4 is 33.9 Å². The van der Waals surface area contributed by atoms with Crippen molar-refractivity contribution in [2.24, 2.45) is 5.92 Å². The zero-order valence-electron chi connectivity index (χ0n) is 22.8. The summed E-state index contributed by atoms with van der Waals surface area (Å²) in [7, 11) is 4.42. The van der Waals surface area contributed by atoms with Gasteiger partial charge in [-0.15, -0.1) is 0 Å². The molecule has 1 nitrogen and oxygen atoms in total. The number of fused-ring (bicyclic) bond motifs is 1. The Labute approximate surface area is 224 Å². The third-order valence-electron chi connectivity index (χ3n) is 8.17. The molecule has 4 aromatic carbocycles. The Bertz CT molecular complexity index is 1330. The Kier molecular flexibility index (Phi) is 8.26. The number of rotatable bonds is 8. The lowest BCUT2D eigenvalue weighted by Crippen LogP contribution is -2.44. The molecule has 0 radical (unpaired) electrons. The highest BCUT2D eigenvalue weighted by Gasteiger charge is 2.31. The summed E-state index contributed by atoms with van der Waals surface area (Å²) in [6, 6.07) is 36.5. The van der Waals surface area contributed by atoms with E-state index in [1.54, 1.807) is 5.57 Å². The minimum Gasteiger partial charge on any atom is -0.309 e. The van der Waals surface area contributed by atoms with Crippen LogP contribution in [0.25, 0.3) is 16.2 Å². The van der Waals surface area contributed by atoms with Crippen molar-refractivity contribution in [3.63, 3.8) is 0 Å². The topological polar surface area (TPSA) is 3.24 Å². The van der Waals surface area contributed by atoms with E-state index in [0.29, 0.717) is 5.92 Å². The summed E-state index contributed by atoms with van der Waals surface area (Å²) in [5, 5.41) is 2.63. The molecule has 0 saturated heterocycles. The van der Waals surface area contributed by atoms with E-state index in [-0.39, 0.29) is 6.71 Å². The van der Waals surface area contributed by atoms with E-state index in [9.17, 15) is 0 Å². The van der Waals surface area contributed by atoms with Crippen molar-refractivity contribution in [2.45, 2.75) is 45.4 Å². The molecule has 0 unspecified atom stereocenters. The van der Waals surface area contributed by atoms with Gasteiger partial charge in [-0.25, -0.2) is 0 Å². The summed E-state index contributed by atoms with van der Waals surface area (Å²) in [4.78, 5) is 2.35. The Hall–Kier alpha value is -3.10. The number of nitrogens with zero attached hydrogens (tertiary/aromatic N) is 1. The van der Waals surface area contributed by atoms with Crippen LogP contribution >= 0.6 is 0 Å². The van der Waals surface area contributed by atoms with Crippen LogP contribution in [0.3, 0.4) is 0 Å². The van der Waals surface area contributed by atoms with Gasteiger partial charge < -0.3 is 4.90 Å². The molecule has 0 atom stereocenters. The smallest absolute Gasteiger partial charge is 0.241 e. The van der Waals surface area contributed by atoms with E-state index in [4.69, 9.17) is 0 Å². The summed E-state index contributed by atoms with van der Waals surface area (Å²) in [6.07, 6.45) is 7.83. The first kappa shape index (κ1) is 25.6. The molecule has 5 rings (SSSR count). The van der Waals surface area contributed by atoms with Gasteiger partial charge in [-0.05, 0) is 68.6 Å². The molecular formula is C35H40BN. The molecular weight excluding hydrogens is 445 g/mol. The van der Waals surface area contributed by atoms with E-state index in [1.807, 2.05) is 0 Å². The van der Waals surface area contributed by atoms with E-state index in [1.165, 1.54) is 70.4 Å². The average molecular weight is 486 g/mol. The summed E-state index contributed by atoms with van der Waals surface area (Å²) in [5.41, 5.74) is 8.68. The molecule has 1 aliphatic carbocycles. The molecule has 0 amide bonds. The van der Waals surface area contributed by atoms with Gasteiger partial charge in [0.1, 0.15) is 0 Å². The molecule has 0 heterocycles. The maximum atomic E-state index is 2.45. The highest BCUT2D eigenvalue weighted by Crippen LogP contribution is 2.38. The lowest BCUT2D eigenvalue weighted by molar-refractivity contribution is 0.368. The van der Waals surface area contributed by atoms with Crippen LogP contribution < -0.4 is 10.9 Å². The number of aryl methyl sites for hydroxylation is 1. The van der Waals surface area contributed by atoms with E-state index in [0.717, 1.165) is 13.0 Å². The van der Waals surface area contributed by atoms with Crippen molar-refractivity contribution in [3.8, 4) is 0 Å². The number of hydrogen-bond donors (Lipinski definition) is 0. The predicted molar refractivity (Wildman–Crippen MR) is 163 cm³/mol. The Morgan fingerprint density at radius 1 is 0.730 bits per heavy atom. The molecule has 0 aliphatic heterocycles. The van der Waals surface area contributed by atoms with Crippen LogP contribution in [0.2, 0.25) is 0 Å². The van der Waals surface area contributed by atoms with Gasteiger partial charge in [0.2, 0.25) is 6.71 Å². The van der Waals surface area contributed by atoms with Gasteiger partial charge >= 0.3 is 0 Å². The highest BCUT2D eigenvalue weighted by molar-refractivity contribution is 6.99. The summed E-state index contributed by atoms with van der Waals surface area (Å²) >= 11 is 0. The Balaban J connectivity index is 1.79. The van der Waals surface area contributed by atoms with Crippen molar-refractivity contribution in [1.29, 1.82) is 0 Å². The molecule has 2 heteroatoms. The lowest BCUT2D eigenvalue weighted by Gasteiger charge is -2.32. The summed E-state index contributed by atoms with van der Waals surface area (Å²) in [6.45, 7) is 3.48. The second-order valence-corrected chi connectivity index (χ2v) is 11.1. The second kappa shape index (κ2) is 12.0. The lowest BCUT2D eigenvalue weighted by atomic mass is 9.34. The third kappa shape index (κ3) is 6.08. The van der Waals surface area contributed by atoms with Gasteiger partial charge in [-0.3, -0.25) is 0 Å². The standard InChI is InChI=1S/C35H40BN/c1-27-18-22-33(23-19-27)36(32-16-8-5-9-17-32)35(31-21-20-28-12-10-11-15-30(28)26-31)34(24-25-37(2)3)29-13-6-4-7-14-29/h5,8-12,15-23,26,29H,4,6-7,13-14,24-25H2,1-3H3/b35-34+. The molecule has 1 aliphatic rings. The van der Waals surface area contributed by atoms with Crippen molar-refractivity contribution in [3.05, 3.63) is 114 Å². The van der Waals surface area contributed by atoms with Gasteiger partial charge in [0.25, 0.3) is 0 Å². The van der Waals surface area contributed by atoms with E-state index < -0.39 is 0 Å². The van der Waals surface area contributed by atoms with Crippen LogP contribution in [-0.2, 0) is 0 Å². The summed E-state index contributed by atoms with van der Waals surface area (Å²) in [5.74, 6) is 0.659. The monoisotopic (exact) mass is 485 g/mol. The molecule has 4 aromatic rings. The highest BCUT2D eigenvalue weighted by atomic mass is 15.0. The minimum atomic E-state index is 0.210. The van der Waals surface area contributed by atoms with Crippen LogP contribution in [0.4, 0.5) is 0 Å². The van der Waals surface area contributed by atoms with E-state index in [2.05, 4.69) is 123 Å². The zero-order valence-corrected chi connectivity index (χ0v) is 22.8. The molecule has 1 fully saturated rings. The van der Waals surface area contributed by atoms with Crippen molar-refractivity contribution < 1.29 is 0 Å². The molecule has 0 spiro atoms. The largest absolute Gasteiger partial charge is 0.309 e. The van der Waals surface area contributed by atoms with Crippen LogP contribution in [0.15, 0.2) is 103 Å². The SMILES string of the molecule is Cc1ccc(B(/C(=C(\CCN(C)C)C2CCCCC2)c2ccc3ccccc3c2)c2ccccc2)cc1. The normalized spacial score (nSPS) is 15.1. The Morgan fingerprint density at radius 2 is 1.38 bits per heavy atom. The molecule has 0 aromatic heterocycles. The van der Waals surface area contributed by atoms with Crippen LogP contribution in [0.5, 0.6) is 0 Å². The van der Waals surface area contributed by atoms with Gasteiger partial charge in [0.05, 0.1) is 0 Å². The summed E-state index contributed by atoms with van der Waals surface area (Å²) < 4.78 is 0. The fourth-order valence-corrected chi connectivity index (χ4v) is 6.18. The van der Waals surface area contributed by atoms with Crippen LogP contribution in [0, 0.1) is 12.8 Å². The first-order valence-corrected chi connectivity index (χ1v) is 14.1. The number of benzene rings is 4. The van der Waals surface area contributed by atoms with Crippen LogP contribution in [-0.4, -0.2) is 32.3 Å². The second-order valence-electron chi connectivity index (χ2n) is 11.1. The fourth-order valence-electron chi connectivity index (χ4n) is 6.18. The molecule has 1 saturated carbocycles. The molecule has 37 heavy (non-hydrogen) atoms. The maximum absolute atomic E-state index is 2.45. The molecule has 0 bridgehead atoms. The Morgan fingerprint density at radius 3 is 2.08 bits per heavy atom. The maximum Gasteiger partial charge on any atom is 0.241 e. The average Bonchev–Trinajstić information content (AvgIpc) is 2.94. The first-order valence-electron chi connectivity index (χ1n) is 14.1. The number of hydrogen-bond acceptors (Lipinski definition) is 1. The first-order chi connectivity index (χ1) is 18.1. The van der Waals surface area contributed by atoms with Gasteiger partial charge in [0.15, 0.2) is 0 Å². The van der Waals surface area contributed by atoms with Crippen molar-refractivity contribution in [1.82, 2.24) is 4.90 Å². The minimum absolute atomic E-state index is 0.210. The van der Waals surface area contributed by atoms with Gasteiger partial charge in [0, 0.05) is 6.54 Å². The molecule has 188 valence electrons.